The molecule has 1 aromatic heterocycles. The summed E-state index contributed by atoms with van der Waals surface area (Å²) in [5, 5.41) is 9.49. The zero-order valence-electron chi connectivity index (χ0n) is 18.5. The number of likely N-dealkylation sites (N-methyl/N-ethyl adjacent to an activating group) is 1. The summed E-state index contributed by atoms with van der Waals surface area (Å²) in [5.74, 6) is -0.0900. The molecular weight excluding hydrogens is 398 g/mol. The smallest absolute Gasteiger partial charge is 0.258 e. The van der Waals surface area contributed by atoms with Crippen LogP contribution in [0.4, 0.5) is 5.69 Å². The van der Waals surface area contributed by atoms with Crippen molar-refractivity contribution in [1.82, 2.24) is 14.8 Å². The number of pyridine rings is 1. The number of carbonyl (C=O) groups is 1. The number of hydrogen-bond donors (Lipinski definition) is 0. The van der Waals surface area contributed by atoms with Gasteiger partial charge in [0.2, 0.25) is 0 Å². The van der Waals surface area contributed by atoms with Crippen molar-refractivity contribution in [2.24, 2.45) is 0 Å². The fourth-order valence-electron chi connectivity index (χ4n) is 3.90. The number of hydrogen-bond acceptors (Lipinski definition) is 5. The molecule has 0 N–H and O–H groups in total. The van der Waals surface area contributed by atoms with E-state index in [2.05, 4.69) is 27.9 Å². The minimum atomic E-state index is -0.0900. The van der Waals surface area contributed by atoms with Crippen LogP contribution in [0, 0.1) is 11.3 Å². The molecule has 2 heterocycles. The van der Waals surface area contributed by atoms with E-state index in [0.29, 0.717) is 22.4 Å². The lowest BCUT2D eigenvalue weighted by molar-refractivity contribution is 0.0993. The van der Waals surface area contributed by atoms with E-state index >= 15 is 0 Å². The molecule has 0 spiro atoms. The maximum absolute atomic E-state index is 13.1. The Kier molecular flexibility index (Phi) is 6.60. The molecule has 1 fully saturated rings. The molecule has 0 radical (unpaired) electrons. The molecule has 0 unspecified atom stereocenters. The topological polar surface area (TPSA) is 63.5 Å². The van der Waals surface area contributed by atoms with Crippen LogP contribution in [0.3, 0.4) is 0 Å². The Hall–Kier alpha value is -3.53. The van der Waals surface area contributed by atoms with Gasteiger partial charge in [-0.05, 0) is 55.1 Å². The standard InChI is InChI=1S/C26H27N5O/c1-29-13-15-31(16-14-29)19-20-6-8-21(9-7-20)26(32)30(2)23-11-10-22(18-27)24(17-23)25-5-3-4-12-28-25/h3-12,17H,13-16,19H2,1-2H3. The van der Waals surface area contributed by atoms with Gasteiger partial charge in [-0.1, -0.05) is 18.2 Å². The summed E-state index contributed by atoms with van der Waals surface area (Å²) in [6.45, 7) is 5.22. The summed E-state index contributed by atoms with van der Waals surface area (Å²) >= 11 is 0. The minimum absolute atomic E-state index is 0.0900. The van der Waals surface area contributed by atoms with Crippen molar-refractivity contribution in [2.45, 2.75) is 6.54 Å². The Bertz CT molecular complexity index is 1110. The third-order valence-corrected chi connectivity index (χ3v) is 5.96. The van der Waals surface area contributed by atoms with Crippen LogP contribution in [0.1, 0.15) is 21.5 Å². The first-order valence-electron chi connectivity index (χ1n) is 10.8. The molecule has 6 heteroatoms. The molecule has 1 aliphatic rings. The van der Waals surface area contributed by atoms with E-state index in [-0.39, 0.29) is 5.91 Å². The summed E-state index contributed by atoms with van der Waals surface area (Å²) in [6.07, 6.45) is 1.70. The predicted molar refractivity (Wildman–Crippen MR) is 126 cm³/mol. The molecule has 1 amide bonds. The Labute approximate surface area is 189 Å². The molecule has 4 rings (SSSR count). The molecule has 1 aliphatic heterocycles. The van der Waals surface area contributed by atoms with Gasteiger partial charge >= 0.3 is 0 Å². The van der Waals surface area contributed by atoms with Crippen LogP contribution in [0.15, 0.2) is 66.9 Å². The Morgan fingerprint density at radius 3 is 2.47 bits per heavy atom. The van der Waals surface area contributed by atoms with Crippen LogP contribution < -0.4 is 4.90 Å². The van der Waals surface area contributed by atoms with E-state index < -0.39 is 0 Å². The summed E-state index contributed by atoms with van der Waals surface area (Å²) < 4.78 is 0. The molecule has 1 saturated heterocycles. The van der Waals surface area contributed by atoms with Crippen molar-refractivity contribution in [1.29, 1.82) is 5.26 Å². The van der Waals surface area contributed by atoms with Crippen molar-refractivity contribution >= 4 is 11.6 Å². The molecule has 162 valence electrons. The van der Waals surface area contributed by atoms with Crippen molar-refractivity contribution in [3.8, 4) is 17.3 Å². The molecule has 0 saturated carbocycles. The number of benzene rings is 2. The van der Waals surface area contributed by atoms with Crippen molar-refractivity contribution in [3.63, 3.8) is 0 Å². The van der Waals surface area contributed by atoms with E-state index in [9.17, 15) is 10.1 Å². The second-order valence-corrected chi connectivity index (χ2v) is 8.20. The highest BCUT2D eigenvalue weighted by Crippen LogP contribution is 2.27. The van der Waals surface area contributed by atoms with Gasteiger partial charge in [-0.2, -0.15) is 5.26 Å². The lowest BCUT2D eigenvalue weighted by Crippen LogP contribution is -2.43. The van der Waals surface area contributed by atoms with Gasteiger partial charge < -0.3 is 9.80 Å². The monoisotopic (exact) mass is 425 g/mol. The Morgan fingerprint density at radius 2 is 1.81 bits per heavy atom. The summed E-state index contributed by atoms with van der Waals surface area (Å²) in [7, 11) is 3.91. The van der Waals surface area contributed by atoms with Crippen LogP contribution in [0.25, 0.3) is 11.3 Å². The molecular formula is C26H27N5O. The average Bonchev–Trinajstić information content (AvgIpc) is 2.85. The number of nitriles is 1. The third-order valence-electron chi connectivity index (χ3n) is 5.96. The highest BCUT2D eigenvalue weighted by Gasteiger charge is 2.17. The second kappa shape index (κ2) is 9.73. The van der Waals surface area contributed by atoms with E-state index in [1.54, 1.807) is 30.3 Å². The Balaban J connectivity index is 1.49. The summed E-state index contributed by atoms with van der Waals surface area (Å²) in [6, 6.07) is 21.0. The van der Waals surface area contributed by atoms with Crippen LogP contribution in [0.5, 0.6) is 0 Å². The average molecular weight is 426 g/mol. The van der Waals surface area contributed by atoms with Crippen molar-refractivity contribution in [3.05, 3.63) is 83.6 Å². The number of piperazine rings is 1. The van der Waals surface area contributed by atoms with E-state index in [1.807, 2.05) is 48.5 Å². The van der Waals surface area contributed by atoms with Crippen LogP contribution in [-0.2, 0) is 6.54 Å². The lowest BCUT2D eigenvalue weighted by Gasteiger charge is -2.32. The largest absolute Gasteiger partial charge is 0.311 e. The maximum atomic E-state index is 13.1. The zero-order valence-corrected chi connectivity index (χ0v) is 18.5. The SMILES string of the molecule is CN1CCN(Cc2ccc(C(=O)N(C)c3ccc(C#N)c(-c4ccccn4)c3)cc2)CC1. The number of amides is 1. The number of rotatable bonds is 5. The van der Waals surface area contributed by atoms with Gasteiger partial charge in [-0.3, -0.25) is 14.7 Å². The van der Waals surface area contributed by atoms with Gasteiger partial charge in [0, 0.05) is 62.8 Å². The molecule has 2 aromatic carbocycles. The summed E-state index contributed by atoms with van der Waals surface area (Å²) in [4.78, 5) is 23.9. The minimum Gasteiger partial charge on any atom is -0.311 e. The van der Waals surface area contributed by atoms with Gasteiger partial charge in [0.15, 0.2) is 0 Å². The zero-order chi connectivity index (χ0) is 22.5. The fraction of sp³-hybridized carbons (Fsp3) is 0.269. The van der Waals surface area contributed by atoms with Crippen LogP contribution in [-0.4, -0.2) is 61.0 Å². The molecule has 3 aromatic rings. The first-order chi connectivity index (χ1) is 15.5. The van der Waals surface area contributed by atoms with Gasteiger partial charge in [0.05, 0.1) is 17.3 Å². The first-order valence-corrected chi connectivity index (χ1v) is 10.8. The molecule has 0 aliphatic carbocycles. The lowest BCUT2D eigenvalue weighted by atomic mass is 10.0. The van der Waals surface area contributed by atoms with Crippen LogP contribution >= 0.6 is 0 Å². The van der Waals surface area contributed by atoms with Crippen LogP contribution in [0.2, 0.25) is 0 Å². The van der Waals surface area contributed by atoms with Gasteiger partial charge in [-0.25, -0.2) is 0 Å². The van der Waals surface area contributed by atoms with Gasteiger partial charge in [0.25, 0.3) is 5.91 Å². The highest BCUT2D eigenvalue weighted by molar-refractivity contribution is 6.06. The second-order valence-electron chi connectivity index (χ2n) is 8.20. The van der Waals surface area contributed by atoms with Crippen molar-refractivity contribution < 1.29 is 4.79 Å². The normalized spacial score (nSPS) is 14.7. The predicted octanol–water partition coefficient (Wildman–Crippen LogP) is 3.64. The van der Waals surface area contributed by atoms with Gasteiger partial charge in [0.1, 0.15) is 0 Å². The van der Waals surface area contributed by atoms with E-state index in [1.165, 1.54) is 5.56 Å². The highest BCUT2D eigenvalue weighted by atomic mass is 16.2. The molecule has 0 bridgehead atoms. The van der Waals surface area contributed by atoms with Crippen molar-refractivity contribution in [2.75, 3.05) is 45.2 Å². The molecule has 0 atom stereocenters. The van der Waals surface area contributed by atoms with E-state index in [0.717, 1.165) is 38.4 Å². The van der Waals surface area contributed by atoms with E-state index in [4.69, 9.17) is 0 Å². The maximum Gasteiger partial charge on any atom is 0.258 e. The Morgan fingerprint density at radius 1 is 1.06 bits per heavy atom. The number of nitrogens with zero attached hydrogens (tertiary/aromatic N) is 5. The van der Waals surface area contributed by atoms with Gasteiger partial charge in [-0.15, -0.1) is 0 Å². The first kappa shape index (κ1) is 21.7. The fourth-order valence-corrected chi connectivity index (χ4v) is 3.90. The quantitative estimate of drug-likeness (QED) is 0.624. The molecule has 6 nitrogen and oxygen atoms in total. The number of aromatic nitrogens is 1. The third kappa shape index (κ3) is 4.86. The summed E-state index contributed by atoms with van der Waals surface area (Å²) in [5.41, 5.74) is 4.52. The number of carbonyl (C=O) groups excluding carboxylic acids is 1. The molecule has 32 heavy (non-hydrogen) atoms. The number of anilines is 1.